The molecule has 0 saturated carbocycles. The zero-order valence-corrected chi connectivity index (χ0v) is 10.0. The van der Waals surface area contributed by atoms with Gasteiger partial charge in [-0.25, -0.2) is 4.79 Å². The highest BCUT2D eigenvalue weighted by Crippen LogP contribution is 2.32. The van der Waals surface area contributed by atoms with Crippen molar-refractivity contribution < 1.29 is 24.0 Å². The Morgan fingerprint density at radius 3 is 1.60 bits per heavy atom. The van der Waals surface area contributed by atoms with Gasteiger partial charge in [0.15, 0.2) is 11.6 Å². The number of benzene rings is 1. The van der Waals surface area contributed by atoms with Crippen molar-refractivity contribution in [1.82, 2.24) is 10.6 Å². The van der Waals surface area contributed by atoms with Gasteiger partial charge < -0.3 is 0 Å². The number of carbonyl (C=O) groups is 5. The number of rotatable bonds is 1. The van der Waals surface area contributed by atoms with Crippen molar-refractivity contribution in [3.8, 4) is 0 Å². The van der Waals surface area contributed by atoms with E-state index in [2.05, 4.69) is 0 Å². The van der Waals surface area contributed by atoms with Crippen LogP contribution in [0.15, 0.2) is 24.3 Å². The van der Waals surface area contributed by atoms with E-state index in [0.717, 1.165) is 0 Å². The molecule has 1 aliphatic heterocycles. The normalized spacial score (nSPS) is 19.9. The van der Waals surface area contributed by atoms with E-state index in [-0.39, 0.29) is 11.1 Å². The maximum Gasteiger partial charge on any atom is 0.328 e. The third-order valence-corrected chi connectivity index (χ3v) is 3.39. The van der Waals surface area contributed by atoms with Gasteiger partial charge in [-0.15, -0.1) is 0 Å². The predicted molar refractivity (Wildman–Crippen MR) is 63.8 cm³/mol. The zero-order chi connectivity index (χ0) is 14.4. The molecular weight excluding hydrogens is 264 g/mol. The Morgan fingerprint density at radius 1 is 0.700 bits per heavy atom. The van der Waals surface area contributed by atoms with E-state index in [1.165, 1.54) is 12.1 Å². The van der Waals surface area contributed by atoms with Gasteiger partial charge in [0.25, 0.3) is 0 Å². The molecule has 100 valence electrons. The molecule has 1 aliphatic carbocycles. The van der Waals surface area contributed by atoms with Crippen molar-refractivity contribution in [2.24, 2.45) is 11.8 Å². The molecule has 0 atom stereocenters. The third-order valence-electron chi connectivity index (χ3n) is 3.39. The summed E-state index contributed by atoms with van der Waals surface area (Å²) < 4.78 is 0. The first-order valence-electron chi connectivity index (χ1n) is 5.84. The summed E-state index contributed by atoms with van der Waals surface area (Å²) in [4.78, 5) is 58.9. The number of barbiturate groups is 1. The SMILES string of the molecule is O=C1NC(=O)C(C2C(=O)c3ccccc3C2=O)C(=O)N1. The van der Waals surface area contributed by atoms with Gasteiger partial charge in [0.1, 0.15) is 11.8 Å². The first-order chi connectivity index (χ1) is 9.50. The fourth-order valence-electron chi connectivity index (χ4n) is 2.50. The minimum atomic E-state index is -1.51. The quantitative estimate of drug-likeness (QED) is 0.680. The average Bonchev–Trinajstić information content (AvgIpc) is 2.64. The summed E-state index contributed by atoms with van der Waals surface area (Å²) in [6.45, 7) is 0. The van der Waals surface area contributed by atoms with Crippen molar-refractivity contribution >= 4 is 29.4 Å². The summed E-state index contributed by atoms with van der Waals surface area (Å²) in [7, 11) is 0. The molecule has 7 nitrogen and oxygen atoms in total. The number of ketones is 2. The van der Waals surface area contributed by atoms with Gasteiger partial charge in [0.05, 0.1) is 0 Å². The van der Waals surface area contributed by atoms with Crippen LogP contribution in [0.1, 0.15) is 20.7 Å². The lowest BCUT2D eigenvalue weighted by molar-refractivity contribution is -0.136. The summed E-state index contributed by atoms with van der Waals surface area (Å²) >= 11 is 0. The number of Topliss-reactive ketones (excluding diaryl/α,β-unsaturated/α-hetero) is 2. The van der Waals surface area contributed by atoms with Gasteiger partial charge in [-0.1, -0.05) is 24.3 Å². The van der Waals surface area contributed by atoms with Crippen LogP contribution in [0.2, 0.25) is 0 Å². The highest BCUT2D eigenvalue weighted by Gasteiger charge is 2.51. The number of hydrogen-bond acceptors (Lipinski definition) is 5. The van der Waals surface area contributed by atoms with E-state index in [4.69, 9.17) is 0 Å². The summed E-state index contributed by atoms with van der Waals surface area (Å²) in [6.07, 6.45) is 0. The Labute approximate surface area is 112 Å². The lowest BCUT2D eigenvalue weighted by Crippen LogP contribution is -2.59. The largest absolute Gasteiger partial charge is 0.328 e. The Balaban J connectivity index is 2.03. The van der Waals surface area contributed by atoms with Crippen molar-refractivity contribution in [2.45, 2.75) is 0 Å². The Hall–Kier alpha value is -2.83. The standard InChI is InChI=1S/C13H8N2O5/c16-9-5-3-1-2-4-6(5)10(17)7(9)8-11(18)14-13(20)15-12(8)19/h1-4,7-8H,(H2,14,15,18,19,20). The van der Waals surface area contributed by atoms with Crippen molar-refractivity contribution in [2.75, 3.05) is 0 Å². The Bertz CT molecular complexity index is 639. The molecule has 7 heteroatoms. The number of carbonyl (C=O) groups excluding carboxylic acids is 5. The van der Waals surface area contributed by atoms with Crippen LogP contribution in [0.4, 0.5) is 4.79 Å². The molecule has 3 rings (SSSR count). The van der Waals surface area contributed by atoms with Gasteiger partial charge in [-0.3, -0.25) is 29.8 Å². The molecule has 2 aliphatic rings. The van der Waals surface area contributed by atoms with Crippen LogP contribution in [0.25, 0.3) is 0 Å². The van der Waals surface area contributed by atoms with E-state index < -0.39 is 41.2 Å². The number of hydrogen-bond donors (Lipinski definition) is 2. The van der Waals surface area contributed by atoms with E-state index in [1.54, 1.807) is 12.1 Å². The Morgan fingerprint density at radius 2 is 1.15 bits per heavy atom. The molecule has 2 N–H and O–H groups in total. The monoisotopic (exact) mass is 272 g/mol. The summed E-state index contributed by atoms with van der Waals surface area (Å²) in [5.74, 6) is -5.93. The molecule has 0 unspecified atom stereocenters. The lowest BCUT2D eigenvalue weighted by atomic mass is 9.85. The summed E-state index contributed by atoms with van der Waals surface area (Å²) in [6, 6.07) is 5.18. The van der Waals surface area contributed by atoms with Crippen LogP contribution >= 0.6 is 0 Å². The van der Waals surface area contributed by atoms with Gasteiger partial charge in [-0.2, -0.15) is 0 Å². The maximum absolute atomic E-state index is 12.2. The lowest BCUT2D eigenvalue weighted by Gasteiger charge is -2.23. The molecule has 0 bridgehead atoms. The number of fused-ring (bicyclic) bond motifs is 1. The van der Waals surface area contributed by atoms with Gasteiger partial charge in [0, 0.05) is 11.1 Å². The highest BCUT2D eigenvalue weighted by molar-refractivity contribution is 6.31. The predicted octanol–water partition coefficient (Wildman–Crippen LogP) is -0.336. The number of imide groups is 2. The van der Waals surface area contributed by atoms with Crippen molar-refractivity contribution in [3.05, 3.63) is 35.4 Å². The molecule has 0 aromatic heterocycles. The maximum atomic E-state index is 12.2. The molecule has 0 radical (unpaired) electrons. The molecule has 20 heavy (non-hydrogen) atoms. The number of nitrogens with one attached hydrogen (secondary N) is 2. The van der Waals surface area contributed by atoms with Crippen molar-refractivity contribution in [1.29, 1.82) is 0 Å². The molecule has 1 aromatic carbocycles. The molecule has 4 amide bonds. The minimum absolute atomic E-state index is 0.194. The van der Waals surface area contributed by atoms with E-state index in [9.17, 15) is 24.0 Å². The van der Waals surface area contributed by atoms with Gasteiger partial charge >= 0.3 is 6.03 Å². The fourth-order valence-corrected chi connectivity index (χ4v) is 2.50. The number of amides is 4. The summed E-state index contributed by atoms with van der Waals surface area (Å²) in [5, 5.41) is 3.78. The second kappa shape index (κ2) is 4.09. The third kappa shape index (κ3) is 1.56. The molecule has 0 spiro atoms. The van der Waals surface area contributed by atoms with Crippen LogP contribution in [0.3, 0.4) is 0 Å². The first kappa shape index (κ1) is 12.2. The molecule has 1 fully saturated rings. The van der Waals surface area contributed by atoms with E-state index in [0.29, 0.717) is 0 Å². The van der Waals surface area contributed by atoms with Gasteiger partial charge in [-0.05, 0) is 0 Å². The van der Waals surface area contributed by atoms with Crippen LogP contribution in [-0.2, 0) is 9.59 Å². The first-order valence-corrected chi connectivity index (χ1v) is 5.84. The fraction of sp³-hybridized carbons (Fsp3) is 0.154. The van der Waals surface area contributed by atoms with E-state index in [1.807, 2.05) is 10.6 Å². The second-order valence-corrected chi connectivity index (χ2v) is 4.54. The average molecular weight is 272 g/mol. The van der Waals surface area contributed by atoms with E-state index >= 15 is 0 Å². The van der Waals surface area contributed by atoms with Gasteiger partial charge in [0.2, 0.25) is 11.8 Å². The summed E-state index contributed by atoms with van der Waals surface area (Å²) in [5.41, 5.74) is 0.389. The minimum Gasteiger partial charge on any atom is -0.293 e. The van der Waals surface area contributed by atoms with Crippen LogP contribution in [0.5, 0.6) is 0 Å². The van der Waals surface area contributed by atoms with Crippen LogP contribution < -0.4 is 10.6 Å². The molecule has 1 saturated heterocycles. The number of urea groups is 1. The topological polar surface area (TPSA) is 109 Å². The highest BCUT2D eigenvalue weighted by atomic mass is 16.2. The molecule has 1 aromatic rings. The smallest absolute Gasteiger partial charge is 0.293 e. The second-order valence-electron chi connectivity index (χ2n) is 4.54. The molecule has 1 heterocycles. The molecular formula is C13H8N2O5. The zero-order valence-electron chi connectivity index (χ0n) is 10.0. The Kier molecular flexibility index (Phi) is 2.50. The van der Waals surface area contributed by atoms with Crippen LogP contribution in [0, 0.1) is 11.8 Å². The van der Waals surface area contributed by atoms with Crippen molar-refractivity contribution in [3.63, 3.8) is 0 Å². The van der Waals surface area contributed by atoms with Crippen LogP contribution in [-0.4, -0.2) is 29.4 Å².